The molecule has 1 fully saturated rings. The van der Waals surface area contributed by atoms with Gasteiger partial charge in [0.1, 0.15) is 5.57 Å². The highest BCUT2D eigenvalue weighted by atomic mass is 16.7. The number of esters is 2. The van der Waals surface area contributed by atoms with E-state index in [0.717, 1.165) is 0 Å². The molecule has 20 heavy (non-hydrogen) atoms. The molecule has 0 aromatic heterocycles. The van der Waals surface area contributed by atoms with E-state index in [2.05, 4.69) is 0 Å². The van der Waals surface area contributed by atoms with Crippen LogP contribution in [-0.2, 0) is 19.1 Å². The summed E-state index contributed by atoms with van der Waals surface area (Å²) in [4.78, 5) is 23.5. The normalized spacial score (nSPS) is 17.3. The molecule has 1 heterocycles. The lowest BCUT2D eigenvalue weighted by Crippen LogP contribution is -2.41. The van der Waals surface area contributed by atoms with Crippen LogP contribution in [0.15, 0.2) is 29.8 Å². The van der Waals surface area contributed by atoms with E-state index in [9.17, 15) is 9.59 Å². The third-order valence-corrected chi connectivity index (χ3v) is 2.66. The fraction of sp³-hybridized carbons (Fsp3) is 0.231. The van der Waals surface area contributed by atoms with Gasteiger partial charge in [0.15, 0.2) is 0 Å². The molecule has 7 heteroatoms. The van der Waals surface area contributed by atoms with Crippen molar-refractivity contribution in [1.82, 2.24) is 0 Å². The van der Waals surface area contributed by atoms with Crippen molar-refractivity contribution >= 4 is 30.6 Å². The highest BCUT2D eigenvalue weighted by molar-refractivity contribution is 6.58. The van der Waals surface area contributed by atoms with E-state index < -0.39 is 24.8 Å². The maximum Gasteiger partial charge on any atom is 0.488 e. The molecular formula is C13H13BO6. The fourth-order valence-electron chi connectivity index (χ4n) is 1.71. The molecule has 0 atom stereocenters. The maximum atomic E-state index is 11.7. The van der Waals surface area contributed by atoms with Crippen molar-refractivity contribution in [2.24, 2.45) is 0 Å². The molecular weight excluding hydrogens is 263 g/mol. The number of benzene rings is 1. The summed E-state index contributed by atoms with van der Waals surface area (Å²) in [6.07, 6.45) is 1.33. The van der Waals surface area contributed by atoms with Gasteiger partial charge in [-0.1, -0.05) is 24.3 Å². The first-order valence-corrected chi connectivity index (χ1v) is 5.93. The summed E-state index contributed by atoms with van der Waals surface area (Å²) in [6.45, 7) is 2.94. The highest BCUT2D eigenvalue weighted by Gasteiger charge is 2.38. The Hall–Kier alpha value is -2.12. The van der Waals surface area contributed by atoms with Crippen molar-refractivity contribution in [3.05, 3.63) is 35.4 Å². The minimum Gasteiger partial charge on any atom is -0.423 e. The van der Waals surface area contributed by atoms with Gasteiger partial charge in [0, 0.05) is 13.8 Å². The summed E-state index contributed by atoms with van der Waals surface area (Å²) in [5, 5.41) is 17.9. The van der Waals surface area contributed by atoms with E-state index in [-0.39, 0.29) is 5.57 Å². The Bertz CT molecular complexity index is 551. The lowest BCUT2D eigenvalue weighted by molar-refractivity contribution is -0.222. The van der Waals surface area contributed by atoms with Crippen molar-refractivity contribution in [1.29, 1.82) is 0 Å². The van der Waals surface area contributed by atoms with Gasteiger partial charge in [-0.15, -0.1) is 0 Å². The van der Waals surface area contributed by atoms with Crippen LogP contribution < -0.4 is 5.46 Å². The first kappa shape index (κ1) is 14.3. The molecule has 0 radical (unpaired) electrons. The summed E-state index contributed by atoms with van der Waals surface area (Å²) < 4.78 is 9.92. The second-order valence-electron chi connectivity index (χ2n) is 4.78. The molecule has 1 saturated heterocycles. The Kier molecular flexibility index (Phi) is 3.65. The van der Waals surface area contributed by atoms with Crippen LogP contribution in [0.1, 0.15) is 19.4 Å². The molecule has 1 aromatic rings. The molecule has 1 aliphatic heterocycles. The smallest absolute Gasteiger partial charge is 0.423 e. The van der Waals surface area contributed by atoms with Gasteiger partial charge in [0.2, 0.25) is 0 Å². The lowest BCUT2D eigenvalue weighted by Gasteiger charge is -2.29. The molecule has 0 unspecified atom stereocenters. The van der Waals surface area contributed by atoms with Gasteiger partial charge in [-0.05, 0) is 17.1 Å². The zero-order valence-electron chi connectivity index (χ0n) is 11.0. The second-order valence-corrected chi connectivity index (χ2v) is 4.78. The van der Waals surface area contributed by atoms with Gasteiger partial charge >= 0.3 is 19.1 Å². The minimum absolute atomic E-state index is 0.207. The quantitative estimate of drug-likeness (QED) is 0.330. The number of hydrogen-bond acceptors (Lipinski definition) is 6. The van der Waals surface area contributed by atoms with Crippen LogP contribution in [0.5, 0.6) is 0 Å². The Morgan fingerprint density at radius 2 is 1.55 bits per heavy atom. The first-order valence-electron chi connectivity index (χ1n) is 5.93. The molecule has 0 bridgehead atoms. The van der Waals surface area contributed by atoms with E-state index in [1.165, 1.54) is 32.1 Å². The van der Waals surface area contributed by atoms with Crippen molar-refractivity contribution in [2.75, 3.05) is 0 Å². The van der Waals surface area contributed by atoms with E-state index in [0.29, 0.717) is 11.0 Å². The predicted octanol–water partition coefficient (Wildman–Crippen LogP) is -0.414. The van der Waals surface area contributed by atoms with Crippen molar-refractivity contribution in [3.8, 4) is 0 Å². The Labute approximate surface area is 115 Å². The van der Waals surface area contributed by atoms with Crippen LogP contribution in [0.25, 0.3) is 6.08 Å². The molecule has 1 aromatic carbocycles. The van der Waals surface area contributed by atoms with Gasteiger partial charge in [-0.3, -0.25) is 0 Å². The Morgan fingerprint density at radius 3 is 2.00 bits per heavy atom. The topological polar surface area (TPSA) is 93.1 Å². The lowest BCUT2D eigenvalue weighted by atomic mass is 9.80. The third-order valence-electron chi connectivity index (χ3n) is 2.66. The summed E-state index contributed by atoms with van der Waals surface area (Å²) in [5.74, 6) is -2.77. The highest BCUT2D eigenvalue weighted by Crippen LogP contribution is 2.23. The molecule has 0 aliphatic carbocycles. The van der Waals surface area contributed by atoms with E-state index in [1.807, 2.05) is 0 Å². The standard InChI is InChI=1S/C13H13BO6/c1-13(2)19-11(15)10(12(16)20-13)7-8-3-5-9(6-4-8)14(17)18/h3-7,17-18H,1-2H3. The molecule has 0 spiro atoms. The van der Waals surface area contributed by atoms with Gasteiger partial charge in [0.25, 0.3) is 5.79 Å². The second kappa shape index (κ2) is 5.11. The van der Waals surface area contributed by atoms with E-state index in [4.69, 9.17) is 19.5 Å². The van der Waals surface area contributed by atoms with Crippen LogP contribution in [0.2, 0.25) is 0 Å². The van der Waals surface area contributed by atoms with Gasteiger partial charge < -0.3 is 19.5 Å². The number of hydrogen-bond donors (Lipinski definition) is 2. The molecule has 2 rings (SSSR count). The van der Waals surface area contributed by atoms with Crippen LogP contribution in [-0.4, -0.2) is 34.9 Å². The monoisotopic (exact) mass is 276 g/mol. The number of carbonyl (C=O) groups excluding carboxylic acids is 2. The molecule has 6 nitrogen and oxygen atoms in total. The molecule has 104 valence electrons. The van der Waals surface area contributed by atoms with Crippen LogP contribution >= 0.6 is 0 Å². The van der Waals surface area contributed by atoms with Crippen molar-refractivity contribution in [3.63, 3.8) is 0 Å². The summed E-state index contributed by atoms with van der Waals surface area (Å²) >= 11 is 0. The summed E-state index contributed by atoms with van der Waals surface area (Å²) in [6, 6.07) is 6.03. The summed E-state index contributed by atoms with van der Waals surface area (Å²) in [7, 11) is -1.57. The largest absolute Gasteiger partial charge is 0.488 e. The number of carbonyl (C=O) groups is 2. The Balaban J connectivity index is 2.26. The summed E-state index contributed by atoms with van der Waals surface area (Å²) in [5.41, 5.74) is 0.640. The molecule has 0 amide bonds. The third kappa shape index (κ3) is 3.07. The minimum atomic E-state index is -1.57. The predicted molar refractivity (Wildman–Crippen MR) is 70.5 cm³/mol. The van der Waals surface area contributed by atoms with E-state index >= 15 is 0 Å². The maximum absolute atomic E-state index is 11.7. The molecule has 2 N–H and O–H groups in total. The van der Waals surface area contributed by atoms with Gasteiger partial charge in [-0.2, -0.15) is 0 Å². The SMILES string of the molecule is CC1(C)OC(=O)C(=Cc2ccc(B(O)O)cc2)C(=O)O1. The number of rotatable bonds is 2. The van der Waals surface area contributed by atoms with Crippen LogP contribution in [0, 0.1) is 0 Å². The van der Waals surface area contributed by atoms with Crippen LogP contribution in [0.3, 0.4) is 0 Å². The average Bonchev–Trinajstić information content (AvgIpc) is 2.33. The molecule has 0 saturated carbocycles. The van der Waals surface area contributed by atoms with Crippen molar-refractivity contribution in [2.45, 2.75) is 19.6 Å². The van der Waals surface area contributed by atoms with Gasteiger partial charge in [-0.25, -0.2) is 9.59 Å². The Morgan fingerprint density at radius 1 is 1.05 bits per heavy atom. The van der Waals surface area contributed by atoms with E-state index in [1.54, 1.807) is 12.1 Å². The first-order chi connectivity index (χ1) is 9.28. The number of cyclic esters (lactones) is 2. The fourth-order valence-corrected chi connectivity index (χ4v) is 1.71. The molecule has 1 aliphatic rings. The zero-order valence-corrected chi connectivity index (χ0v) is 11.0. The zero-order chi connectivity index (χ0) is 14.9. The average molecular weight is 276 g/mol. The van der Waals surface area contributed by atoms with Crippen molar-refractivity contribution < 1.29 is 29.1 Å². The number of ether oxygens (including phenoxy) is 2. The van der Waals surface area contributed by atoms with Gasteiger partial charge in [0.05, 0.1) is 0 Å². The van der Waals surface area contributed by atoms with Crippen LogP contribution in [0.4, 0.5) is 0 Å².